The summed E-state index contributed by atoms with van der Waals surface area (Å²) in [6, 6.07) is 0. The molecule has 1 aromatic heterocycles. The molecule has 1 rings (SSSR count). The van der Waals surface area contributed by atoms with Crippen molar-refractivity contribution in [2.24, 2.45) is 0 Å². The first kappa shape index (κ1) is 12.0. The van der Waals surface area contributed by atoms with Gasteiger partial charge >= 0.3 is 5.69 Å². The van der Waals surface area contributed by atoms with Crippen LogP contribution in [-0.4, -0.2) is 23.3 Å². The van der Waals surface area contributed by atoms with Gasteiger partial charge < -0.3 is 4.74 Å². The number of methoxy groups -OCH3 is 1. The Morgan fingerprint density at radius 1 is 1.62 bits per heavy atom. The lowest BCUT2D eigenvalue weighted by atomic mass is 10.1. The molecule has 0 atom stereocenters. The molecule has 8 heteroatoms. The van der Waals surface area contributed by atoms with Crippen molar-refractivity contribution in [3.05, 3.63) is 27.4 Å². The van der Waals surface area contributed by atoms with Crippen LogP contribution >= 0.6 is 0 Å². The minimum absolute atomic E-state index is 0.0101. The maximum Gasteiger partial charge on any atom is 0.341 e. The highest BCUT2D eigenvalue weighted by atomic mass is 19.3. The number of hydrogen-bond donors (Lipinski definition) is 0. The van der Waals surface area contributed by atoms with Crippen molar-refractivity contribution in [2.75, 3.05) is 7.11 Å². The van der Waals surface area contributed by atoms with Gasteiger partial charge in [0, 0.05) is 6.20 Å². The van der Waals surface area contributed by atoms with Gasteiger partial charge in [-0.1, -0.05) is 0 Å². The Bertz CT molecular complexity index is 436. The fraction of sp³-hybridized carbons (Fsp3) is 0.250. The summed E-state index contributed by atoms with van der Waals surface area (Å²) in [7, 11) is 1.09. The number of alkyl halides is 2. The summed E-state index contributed by atoms with van der Waals surface area (Å²) in [5.41, 5.74) is -2.36. The van der Waals surface area contributed by atoms with Crippen LogP contribution in [0.25, 0.3) is 0 Å². The Morgan fingerprint density at radius 2 is 2.25 bits per heavy atom. The van der Waals surface area contributed by atoms with Gasteiger partial charge in [0.15, 0.2) is 6.29 Å². The number of carbonyl (C=O) groups excluding carboxylic acids is 1. The van der Waals surface area contributed by atoms with E-state index >= 15 is 0 Å². The van der Waals surface area contributed by atoms with Gasteiger partial charge in [0.2, 0.25) is 0 Å². The van der Waals surface area contributed by atoms with Crippen molar-refractivity contribution in [2.45, 2.75) is 6.43 Å². The Kier molecular flexibility index (Phi) is 3.44. The van der Waals surface area contributed by atoms with Crippen molar-refractivity contribution in [1.29, 1.82) is 0 Å². The van der Waals surface area contributed by atoms with Gasteiger partial charge in [-0.05, 0) is 0 Å². The number of ether oxygens (including phenoxy) is 1. The number of nitro groups is 1. The van der Waals surface area contributed by atoms with Gasteiger partial charge in [-0.2, -0.15) is 0 Å². The number of pyridine rings is 1. The number of carbonyl (C=O) groups is 1. The zero-order valence-electron chi connectivity index (χ0n) is 8.02. The van der Waals surface area contributed by atoms with Crippen LogP contribution in [0.1, 0.15) is 22.3 Å². The predicted molar refractivity (Wildman–Crippen MR) is 47.8 cm³/mol. The first-order valence-corrected chi connectivity index (χ1v) is 3.97. The molecule has 0 saturated heterocycles. The molecule has 6 nitrogen and oxygen atoms in total. The number of rotatable bonds is 4. The largest absolute Gasteiger partial charge is 0.476 e. The number of nitrogens with zero attached hydrogens (tertiary/aromatic N) is 2. The standard InChI is InChI=1S/C8H6F2N2O4/c1-16-8-6(12(14)15)5(3-13)4(2-11-8)7(9)10/h2-3,7H,1H3. The smallest absolute Gasteiger partial charge is 0.341 e. The number of aldehydes is 1. The maximum absolute atomic E-state index is 12.4. The average Bonchev–Trinajstić information content (AvgIpc) is 2.26. The molecule has 0 aliphatic carbocycles. The third kappa shape index (κ3) is 1.95. The van der Waals surface area contributed by atoms with Crippen LogP contribution in [0.2, 0.25) is 0 Å². The third-order valence-electron chi connectivity index (χ3n) is 1.82. The lowest BCUT2D eigenvalue weighted by molar-refractivity contribution is -0.386. The highest BCUT2D eigenvalue weighted by molar-refractivity contribution is 5.85. The molecule has 0 bridgehead atoms. The fourth-order valence-corrected chi connectivity index (χ4v) is 1.13. The van der Waals surface area contributed by atoms with E-state index in [1.807, 2.05) is 0 Å². The molecule has 0 aromatic carbocycles. The third-order valence-corrected chi connectivity index (χ3v) is 1.82. The molecule has 0 unspecified atom stereocenters. The minimum Gasteiger partial charge on any atom is -0.476 e. The average molecular weight is 232 g/mol. The van der Waals surface area contributed by atoms with Crippen LogP contribution in [0.15, 0.2) is 6.20 Å². The molecular formula is C8H6F2N2O4. The monoisotopic (exact) mass is 232 g/mol. The van der Waals surface area contributed by atoms with Gasteiger partial charge in [-0.15, -0.1) is 0 Å². The molecular weight excluding hydrogens is 226 g/mol. The van der Waals surface area contributed by atoms with E-state index in [-0.39, 0.29) is 6.29 Å². The Morgan fingerprint density at radius 3 is 2.62 bits per heavy atom. The van der Waals surface area contributed by atoms with Crippen LogP contribution in [0.3, 0.4) is 0 Å². The second kappa shape index (κ2) is 4.60. The van der Waals surface area contributed by atoms with Crippen molar-refractivity contribution < 1.29 is 23.2 Å². The summed E-state index contributed by atoms with van der Waals surface area (Å²) >= 11 is 0. The molecule has 16 heavy (non-hydrogen) atoms. The lowest BCUT2D eigenvalue weighted by Crippen LogP contribution is -2.04. The fourth-order valence-electron chi connectivity index (χ4n) is 1.13. The van der Waals surface area contributed by atoms with E-state index in [4.69, 9.17) is 0 Å². The second-order valence-electron chi connectivity index (χ2n) is 2.66. The van der Waals surface area contributed by atoms with E-state index in [0.29, 0.717) is 6.20 Å². The van der Waals surface area contributed by atoms with E-state index in [1.54, 1.807) is 0 Å². The summed E-state index contributed by atoms with van der Waals surface area (Å²) < 4.78 is 29.4. The minimum atomic E-state index is -3.02. The normalized spacial score (nSPS) is 10.2. The van der Waals surface area contributed by atoms with Crippen molar-refractivity contribution in [1.82, 2.24) is 4.98 Å². The van der Waals surface area contributed by atoms with Crippen molar-refractivity contribution in [3.63, 3.8) is 0 Å². The van der Waals surface area contributed by atoms with Gasteiger partial charge in [0.05, 0.1) is 17.6 Å². The molecule has 0 amide bonds. The molecule has 0 saturated carbocycles. The summed E-state index contributed by atoms with van der Waals surface area (Å²) in [5, 5.41) is 10.6. The molecule has 0 aliphatic rings. The molecule has 0 aliphatic heterocycles. The quantitative estimate of drug-likeness (QED) is 0.448. The highest BCUT2D eigenvalue weighted by Gasteiger charge is 2.28. The zero-order valence-corrected chi connectivity index (χ0v) is 8.02. The van der Waals surface area contributed by atoms with Gasteiger partial charge in [-0.25, -0.2) is 13.8 Å². The van der Waals surface area contributed by atoms with Gasteiger partial charge in [-0.3, -0.25) is 14.9 Å². The van der Waals surface area contributed by atoms with E-state index in [0.717, 1.165) is 7.11 Å². The van der Waals surface area contributed by atoms with E-state index in [9.17, 15) is 23.7 Å². The van der Waals surface area contributed by atoms with E-state index in [2.05, 4.69) is 9.72 Å². The predicted octanol–water partition coefficient (Wildman–Crippen LogP) is 1.75. The molecule has 0 fully saturated rings. The summed E-state index contributed by atoms with van der Waals surface area (Å²) in [6.45, 7) is 0. The van der Waals surface area contributed by atoms with Crippen molar-refractivity contribution >= 4 is 12.0 Å². The van der Waals surface area contributed by atoms with Crippen LogP contribution in [-0.2, 0) is 0 Å². The number of aromatic nitrogens is 1. The Labute approximate surface area is 88.0 Å². The van der Waals surface area contributed by atoms with E-state index < -0.39 is 34.0 Å². The summed E-state index contributed by atoms with van der Waals surface area (Å²) in [5.74, 6) is -0.475. The Hall–Kier alpha value is -2.12. The first-order valence-electron chi connectivity index (χ1n) is 3.97. The van der Waals surface area contributed by atoms with E-state index in [1.165, 1.54) is 0 Å². The van der Waals surface area contributed by atoms with Crippen LogP contribution in [0, 0.1) is 10.1 Å². The Balaban J connectivity index is 3.56. The molecule has 0 spiro atoms. The molecule has 0 radical (unpaired) electrons. The topological polar surface area (TPSA) is 82.3 Å². The SMILES string of the molecule is COc1ncc(C(F)F)c(C=O)c1[N+](=O)[O-]. The zero-order chi connectivity index (χ0) is 12.3. The molecule has 1 aromatic rings. The summed E-state index contributed by atoms with van der Waals surface area (Å²) in [4.78, 5) is 23.6. The lowest BCUT2D eigenvalue weighted by Gasteiger charge is -2.06. The second-order valence-corrected chi connectivity index (χ2v) is 2.66. The molecule has 0 N–H and O–H groups in total. The van der Waals surface area contributed by atoms with Crippen molar-refractivity contribution in [3.8, 4) is 5.88 Å². The first-order chi connectivity index (χ1) is 7.52. The molecule has 86 valence electrons. The van der Waals surface area contributed by atoms with Gasteiger partial charge in [0.1, 0.15) is 5.56 Å². The highest BCUT2D eigenvalue weighted by Crippen LogP contribution is 2.33. The van der Waals surface area contributed by atoms with Crippen LogP contribution in [0.5, 0.6) is 5.88 Å². The maximum atomic E-state index is 12.4. The van der Waals surface area contributed by atoms with Crippen LogP contribution in [0.4, 0.5) is 14.5 Å². The number of hydrogen-bond acceptors (Lipinski definition) is 5. The number of halogens is 2. The van der Waals surface area contributed by atoms with Crippen LogP contribution < -0.4 is 4.74 Å². The molecule has 1 heterocycles. The summed E-state index contributed by atoms with van der Waals surface area (Å²) in [6.07, 6.45) is -2.35. The van der Waals surface area contributed by atoms with Gasteiger partial charge in [0.25, 0.3) is 12.3 Å².